The molecule has 22 heavy (non-hydrogen) atoms. The highest BCUT2D eigenvalue weighted by atomic mass is 32.2. The van der Waals surface area contributed by atoms with E-state index in [0.29, 0.717) is 22.2 Å². The number of thiazole rings is 1. The summed E-state index contributed by atoms with van der Waals surface area (Å²) in [6.07, 6.45) is 1.54. The van der Waals surface area contributed by atoms with Crippen LogP contribution in [0.4, 0.5) is 5.69 Å². The number of methoxy groups -OCH3 is 1. The molecule has 0 atom stereocenters. The summed E-state index contributed by atoms with van der Waals surface area (Å²) in [7, 11) is -2.40. The van der Waals surface area contributed by atoms with Crippen molar-refractivity contribution in [2.24, 2.45) is 0 Å². The number of nitriles is 1. The summed E-state index contributed by atoms with van der Waals surface area (Å²) >= 11 is 1.09. The first-order valence-electron chi connectivity index (χ1n) is 6.07. The minimum Gasteiger partial charge on any atom is -0.473 e. The van der Waals surface area contributed by atoms with Gasteiger partial charge in [-0.15, -0.1) is 0 Å². The highest BCUT2D eigenvalue weighted by molar-refractivity contribution is 7.92. The number of fused-ring (bicyclic) bond motifs is 1. The van der Waals surface area contributed by atoms with Gasteiger partial charge < -0.3 is 9.72 Å². The Kier molecular flexibility index (Phi) is 3.48. The lowest BCUT2D eigenvalue weighted by molar-refractivity contribution is 0.409. The molecule has 0 saturated heterocycles. The third kappa shape index (κ3) is 2.38. The number of hydrogen-bond acceptors (Lipinski definition) is 6. The average Bonchev–Trinajstić information content (AvgIpc) is 3.14. The summed E-state index contributed by atoms with van der Waals surface area (Å²) in [6, 6.07) is 7.08. The minimum absolute atomic E-state index is 0.113. The fourth-order valence-corrected chi connectivity index (χ4v) is 3.97. The summed E-state index contributed by atoms with van der Waals surface area (Å²) in [4.78, 5) is 6.79. The molecule has 0 radical (unpaired) electrons. The van der Waals surface area contributed by atoms with E-state index in [4.69, 9.17) is 10.00 Å². The Bertz CT molecular complexity index is 982. The molecule has 0 spiro atoms. The van der Waals surface area contributed by atoms with Crippen LogP contribution in [-0.4, -0.2) is 25.5 Å². The lowest BCUT2D eigenvalue weighted by Gasteiger charge is -2.07. The standard InChI is InChI=1S/C13H10N4O3S2/c1-20-13-16-11(7-21-13)22(18,19)17-10-4-2-3-9-8(5-14)6-15-12(9)10/h2-4,6-7,15,17H,1H3. The number of H-pyrrole nitrogens is 1. The van der Waals surface area contributed by atoms with Crippen molar-refractivity contribution in [3.05, 3.63) is 35.3 Å². The number of nitrogens with zero attached hydrogens (tertiary/aromatic N) is 2. The van der Waals surface area contributed by atoms with Gasteiger partial charge in [0.2, 0.25) is 0 Å². The fraction of sp³-hybridized carbons (Fsp3) is 0.0769. The van der Waals surface area contributed by atoms with Crippen LogP contribution in [0.1, 0.15) is 5.56 Å². The van der Waals surface area contributed by atoms with Crippen molar-refractivity contribution in [2.75, 3.05) is 11.8 Å². The second kappa shape index (κ2) is 5.32. The third-order valence-corrected chi connectivity index (χ3v) is 5.19. The molecule has 0 aliphatic carbocycles. The van der Waals surface area contributed by atoms with Crippen LogP contribution in [0.5, 0.6) is 5.19 Å². The molecule has 0 fully saturated rings. The summed E-state index contributed by atoms with van der Waals surface area (Å²) in [5.41, 5.74) is 1.35. The van der Waals surface area contributed by atoms with Gasteiger partial charge in [0.15, 0.2) is 5.03 Å². The first-order valence-corrected chi connectivity index (χ1v) is 8.44. The van der Waals surface area contributed by atoms with Crippen molar-refractivity contribution in [3.8, 4) is 11.3 Å². The van der Waals surface area contributed by atoms with E-state index in [1.807, 2.05) is 6.07 Å². The van der Waals surface area contributed by atoms with Crippen LogP contribution in [0.25, 0.3) is 10.9 Å². The molecule has 3 rings (SSSR count). The van der Waals surface area contributed by atoms with Crippen LogP contribution in [0.3, 0.4) is 0 Å². The number of para-hydroxylation sites is 1. The first-order chi connectivity index (χ1) is 10.5. The van der Waals surface area contributed by atoms with Gasteiger partial charge in [0.1, 0.15) is 6.07 Å². The van der Waals surface area contributed by atoms with Crippen LogP contribution >= 0.6 is 11.3 Å². The average molecular weight is 334 g/mol. The number of rotatable bonds is 4. The van der Waals surface area contributed by atoms with Crippen LogP contribution in [0.2, 0.25) is 0 Å². The van der Waals surface area contributed by atoms with Crippen molar-refractivity contribution in [2.45, 2.75) is 5.03 Å². The summed E-state index contributed by atoms with van der Waals surface area (Å²) in [5.74, 6) is 0. The van der Waals surface area contributed by atoms with Gasteiger partial charge in [0, 0.05) is 17.0 Å². The molecule has 7 nitrogen and oxygen atoms in total. The van der Waals surface area contributed by atoms with Crippen LogP contribution in [-0.2, 0) is 10.0 Å². The topological polar surface area (TPSA) is 108 Å². The molecule has 0 bridgehead atoms. The Hall–Kier alpha value is -2.57. The maximum absolute atomic E-state index is 12.3. The molecule has 2 aromatic heterocycles. The SMILES string of the molecule is COc1nc(S(=O)(=O)Nc2cccc3c(C#N)c[nH]c23)cs1. The monoisotopic (exact) mass is 334 g/mol. The molecule has 0 saturated carbocycles. The van der Waals surface area contributed by atoms with Crippen molar-refractivity contribution in [1.82, 2.24) is 9.97 Å². The lowest BCUT2D eigenvalue weighted by Crippen LogP contribution is -2.13. The zero-order chi connectivity index (χ0) is 15.7. The molecule has 0 aliphatic heterocycles. The largest absolute Gasteiger partial charge is 0.473 e. The summed E-state index contributed by atoms with van der Waals surface area (Å²) < 4.78 is 32.1. The van der Waals surface area contributed by atoms with Gasteiger partial charge in [-0.1, -0.05) is 23.5 Å². The van der Waals surface area contributed by atoms with E-state index in [2.05, 4.69) is 14.7 Å². The van der Waals surface area contributed by atoms with E-state index in [-0.39, 0.29) is 10.2 Å². The molecule has 0 aliphatic rings. The highest BCUT2D eigenvalue weighted by Crippen LogP contribution is 2.28. The number of benzene rings is 1. The Morgan fingerprint density at radius 2 is 2.27 bits per heavy atom. The maximum Gasteiger partial charge on any atom is 0.280 e. The first kappa shape index (κ1) is 14.4. The number of sulfonamides is 1. The normalized spacial score (nSPS) is 11.3. The molecule has 9 heteroatoms. The van der Waals surface area contributed by atoms with E-state index in [0.717, 1.165) is 11.3 Å². The number of aromatic nitrogens is 2. The van der Waals surface area contributed by atoms with Crippen LogP contribution < -0.4 is 9.46 Å². The van der Waals surface area contributed by atoms with E-state index < -0.39 is 10.0 Å². The zero-order valence-corrected chi connectivity index (χ0v) is 13.0. The highest BCUT2D eigenvalue weighted by Gasteiger charge is 2.20. The van der Waals surface area contributed by atoms with Crippen LogP contribution in [0.15, 0.2) is 34.8 Å². The Labute approximate surface area is 130 Å². The van der Waals surface area contributed by atoms with Gasteiger partial charge in [0.05, 0.1) is 23.9 Å². The summed E-state index contributed by atoms with van der Waals surface area (Å²) in [5, 5.41) is 11.2. The van der Waals surface area contributed by atoms with Gasteiger partial charge in [-0.2, -0.15) is 18.7 Å². The van der Waals surface area contributed by atoms with E-state index >= 15 is 0 Å². The number of aromatic amines is 1. The number of hydrogen-bond donors (Lipinski definition) is 2. The quantitative estimate of drug-likeness (QED) is 0.761. The predicted molar refractivity (Wildman–Crippen MR) is 82.5 cm³/mol. The van der Waals surface area contributed by atoms with Gasteiger partial charge in [0.25, 0.3) is 15.2 Å². The Balaban J connectivity index is 2.02. The molecule has 2 heterocycles. The number of nitrogens with one attached hydrogen (secondary N) is 2. The lowest BCUT2D eigenvalue weighted by atomic mass is 10.2. The van der Waals surface area contributed by atoms with E-state index in [1.165, 1.54) is 18.7 Å². The smallest absolute Gasteiger partial charge is 0.280 e. The van der Waals surface area contributed by atoms with Gasteiger partial charge in [-0.05, 0) is 6.07 Å². The molecule has 2 N–H and O–H groups in total. The van der Waals surface area contributed by atoms with E-state index in [1.54, 1.807) is 18.2 Å². The minimum atomic E-state index is -3.83. The maximum atomic E-state index is 12.3. The van der Waals surface area contributed by atoms with Crippen molar-refractivity contribution >= 4 is 38.0 Å². The second-order valence-corrected chi connectivity index (χ2v) is 6.75. The van der Waals surface area contributed by atoms with Gasteiger partial charge >= 0.3 is 0 Å². The molecule has 0 unspecified atom stereocenters. The Morgan fingerprint density at radius 3 is 2.95 bits per heavy atom. The third-order valence-electron chi connectivity index (χ3n) is 2.99. The molecule has 0 amide bonds. The zero-order valence-electron chi connectivity index (χ0n) is 11.3. The van der Waals surface area contributed by atoms with Crippen molar-refractivity contribution in [3.63, 3.8) is 0 Å². The molecule has 1 aromatic carbocycles. The number of ether oxygens (including phenoxy) is 1. The van der Waals surface area contributed by atoms with Gasteiger partial charge in [-0.3, -0.25) is 4.72 Å². The summed E-state index contributed by atoms with van der Waals surface area (Å²) in [6.45, 7) is 0. The van der Waals surface area contributed by atoms with Gasteiger partial charge in [-0.25, -0.2) is 0 Å². The van der Waals surface area contributed by atoms with Crippen molar-refractivity contribution < 1.29 is 13.2 Å². The fourth-order valence-electron chi connectivity index (χ4n) is 1.99. The van der Waals surface area contributed by atoms with E-state index in [9.17, 15) is 8.42 Å². The molecule has 112 valence electrons. The molecular weight excluding hydrogens is 324 g/mol. The Morgan fingerprint density at radius 1 is 1.45 bits per heavy atom. The van der Waals surface area contributed by atoms with Crippen molar-refractivity contribution in [1.29, 1.82) is 5.26 Å². The second-order valence-electron chi connectivity index (χ2n) is 4.30. The number of anilines is 1. The molecule has 3 aromatic rings. The predicted octanol–water partition coefficient (Wildman–Crippen LogP) is 2.31. The molecular formula is C13H10N4O3S2. The van der Waals surface area contributed by atoms with Crippen LogP contribution in [0, 0.1) is 11.3 Å².